The summed E-state index contributed by atoms with van der Waals surface area (Å²) in [6, 6.07) is -1.09. The molecule has 2 fully saturated rings. The molecule has 0 spiro atoms. The van der Waals surface area contributed by atoms with Crippen molar-refractivity contribution < 1.29 is 23.4 Å². The predicted octanol–water partition coefficient (Wildman–Crippen LogP) is -2.89. The summed E-state index contributed by atoms with van der Waals surface area (Å²) in [5.74, 6) is -0.599. The van der Waals surface area contributed by atoms with E-state index in [2.05, 4.69) is 4.98 Å². The molecular weight excluding hydrogens is 330 g/mol. The van der Waals surface area contributed by atoms with Crippen molar-refractivity contribution in [2.24, 2.45) is 0 Å². The van der Waals surface area contributed by atoms with E-state index in [-0.39, 0.29) is 5.56 Å². The zero-order valence-electron chi connectivity index (χ0n) is 12.5. The number of aromatic amines is 1. The Hall–Kier alpha value is -1.53. The minimum Gasteiger partial charge on any atom is -0.393 e. The molecule has 0 aromatic carbocycles. The minimum absolute atomic E-state index is 0.229. The lowest BCUT2D eigenvalue weighted by Crippen LogP contribution is -2.62. The van der Waals surface area contributed by atoms with Gasteiger partial charge in [0.15, 0.2) is 6.23 Å². The van der Waals surface area contributed by atoms with Crippen LogP contribution >= 0.6 is 0 Å². The molecule has 1 aromatic heterocycles. The van der Waals surface area contributed by atoms with Crippen molar-refractivity contribution in [1.82, 2.24) is 13.9 Å². The molecule has 11 heteroatoms. The van der Waals surface area contributed by atoms with Crippen molar-refractivity contribution in [2.75, 3.05) is 19.4 Å². The monoisotopic (exact) mass is 347 g/mol. The maximum atomic E-state index is 12.2. The number of likely N-dealkylation sites (N-methyl/N-ethyl adjacent to an activating group) is 1. The van der Waals surface area contributed by atoms with Gasteiger partial charge < -0.3 is 14.9 Å². The van der Waals surface area contributed by atoms with E-state index < -0.39 is 57.6 Å². The molecule has 3 rings (SSSR count). The second-order valence-corrected chi connectivity index (χ2v) is 7.95. The van der Waals surface area contributed by atoms with Crippen LogP contribution in [0.25, 0.3) is 0 Å². The van der Waals surface area contributed by atoms with Crippen LogP contribution in [0.4, 0.5) is 0 Å². The first kappa shape index (κ1) is 16.3. The summed E-state index contributed by atoms with van der Waals surface area (Å²) in [6.07, 6.45) is -1.24. The molecule has 10 nitrogen and oxygen atoms in total. The number of aliphatic hydroxyl groups is 2. The Morgan fingerprint density at radius 3 is 2.74 bits per heavy atom. The van der Waals surface area contributed by atoms with E-state index in [0.29, 0.717) is 0 Å². The maximum absolute atomic E-state index is 12.2. The number of fused-ring (bicyclic) bond motifs is 2. The molecule has 2 aliphatic heterocycles. The summed E-state index contributed by atoms with van der Waals surface area (Å²) in [7, 11) is -2.50. The smallest absolute Gasteiger partial charge is 0.330 e. The SMILES string of the molecule is Cc1cn([C@@H]2O[C@@]3(CO)CS(=O)(=O)N(C)C2[C@@H]3O)c(=O)[nH]c1=O. The van der Waals surface area contributed by atoms with Crippen LogP contribution in [-0.4, -0.2) is 69.6 Å². The Morgan fingerprint density at radius 2 is 2.13 bits per heavy atom. The summed E-state index contributed by atoms with van der Waals surface area (Å²) < 4.78 is 32.0. The standard InChI is InChI=1S/C12H17N3O7S/c1-6-3-15(11(19)13-9(6)18)10-7-8(17)12(4-16,22-10)5-23(20,21)14(7)2/h3,7-8,10,16-17H,4-5H2,1-2H3,(H,13,18,19)/t7?,8-,10+,12-/m0/s1. The fourth-order valence-corrected chi connectivity index (χ4v) is 4.86. The molecule has 2 bridgehead atoms. The average Bonchev–Trinajstić information content (AvgIpc) is 2.69. The van der Waals surface area contributed by atoms with Crippen LogP contribution in [0.5, 0.6) is 0 Å². The lowest BCUT2D eigenvalue weighted by molar-refractivity contribution is -0.114. The number of sulfonamides is 1. The number of nitrogens with one attached hydrogen (secondary N) is 1. The Labute approximate surface area is 131 Å². The van der Waals surface area contributed by atoms with Gasteiger partial charge in [0, 0.05) is 18.8 Å². The van der Waals surface area contributed by atoms with Gasteiger partial charge in [0.1, 0.15) is 11.7 Å². The summed E-state index contributed by atoms with van der Waals surface area (Å²) >= 11 is 0. The normalized spacial score (nSPS) is 36.3. The number of aliphatic hydroxyl groups excluding tert-OH is 2. The molecule has 23 heavy (non-hydrogen) atoms. The number of hydrogen-bond acceptors (Lipinski definition) is 7. The zero-order chi connectivity index (χ0) is 17.2. The lowest BCUT2D eigenvalue weighted by Gasteiger charge is -2.38. The zero-order valence-corrected chi connectivity index (χ0v) is 13.3. The van der Waals surface area contributed by atoms with Crippen molar-refractivity contribution >= 4 is 10.0 Å². The number of aryl methyl sites for hydroxylation is 1. The summed E-state index contributed by atoms with van der Waals surface area (Å²) in [5.41, 5.74) is -2.83. The van der Waals surface area contributed by atoms with Gasteiger partial charge in [-0.3, -0.25) is 14.3 Å². The average molecular weight is 347 g/mol. The van der Waals surface area contributed by atoms with Gasteiger partial charge in [-0.2, -0.15) is 4.31 Å². The van der Waals surface area contributed by atoms with Gasteiger partial charge in [-0.15, -0.1) is 0 Å². The summed E-state index contributed by atoms with van der Waals surface area (Å²) in [6.45, 7) is 0.764. The van der Waals surface area contributed by atoms with E-state index in [9.17, 15) is 28.2 Å². The van der Waals surface area contributed by atoms with Crippen LogP contribution in [-0.2, 0) is 14.8 Å². The minimum atomic E-state index is -3.77. The molecule has 3 N–H and O–H groups in total. The van der Waals surface area contributed by atoms with Crippen molar-refractivity contribution in [3.05, 3.63) is 32.6 Å². The van der Waals surface area contributed by atoms with Gasteiger partial charge >= 0.3 is 5.69 Å². The highest BCUT2D eigenvalue weighted by Gasteiger charge is 2.64. The quantitative estimate of drug-likeness (QED) is 0.521. The van der Waals surface area contributed by atoms with E-state index in [1.54, 1.807) is 0 Å². The Bertz CT molecular complexity index is 860. The van der Waals surface area contributed by atoms with Gasteiger partial charge in [-0.25, -0.2) is 13.2 Å². The summed E-state index contributed by atoms with van der Waals surface area (Å²) in [5, 5.41) is 20.0. The first-order valence-electron chi connectivity index (χ1n) is 6.87. The third-order valence-electron chi connectivity index (χ3n) is 4.48. The molecule has 1 unspecified atom stereocenters. The highest BCUT2D eigenvalue weighted by atomic mass is 32.2. The number of H-pyrrole nitrogens is 1. The molecule has 0 aliphatic carbocycles. The number of aromatic nitrogens is 2. The lowest BCUT2D eigenvalue weighted by atomic mass is 9.96. The molecule has 3 heterocycles. The topological polar surface area (TPSA) is 142 Å². The van der Waals surface area contributed by atoms with E-state index in [4.69, 9.17) is 4.74 Å². The van der Waals surface area contributed by atoms with Crippen LogP contribution in [0.1, 0.15) is 11.8 Å². The van der Waals surface area contributed by atoms with Gasteiger partial charge in [0.2, 0.25) is 10.0 Å². The van der Waals surface area contributed by atoms with Crippen molar-refractivity contribution in [3.63, 3.8) is 0 Å². The molecule has 1 aromatic rings. The molecule has 2 saturated heterocycles. The van der Waals surface area contributed by atoms with Crippen molar-refractivity contribution in [2.45, 2.75) is 30.9 Å². The summed E-state index contributed by atoms with van der Waals surface area (Å²) in [4.78, 5) is 25.6. The Balaban J connectivity index is 2.18. The number of nitrogens with zero attached hydrogens (tertiary/aromatic N) is 2. The van der Waals surface area contributed by atoms with Crippen LogP contribution in [0, 0.1) is 6.92 Å². The highest BCUT2D eigenvalue weighted by Crippen LogP contribution is 2.44. The van der Waals surface area contributed by atoms with Crippen molar-refractivity contribution in [1.29, 1.82) is 0 Å². The maximum Gasteiger partial charge on any atom is 0.330 e. The second kappa shape index (κ2) is 4.98. The predicted molar refractivity (Wildman–Crippen MR) is 77.3 cm³/mol. The molecule has 2 aliphatic rings. The van der Waals surface area contributed by atoms with Gasteiger partial charge in [0.25, 0.3) is 5.56 Å². The molecular formula is C12H17N3O7S. The Morgan fingerprint density at radius 1 is 1.48 bits per heavy atom. The van der Waals surface area contributed by atoms with Gasteiger partial charge in [-0.05, 0) is 6.92 Å². The molecule has 0 saturated carbocycles. The van der Waals surface area contributed by atoms with E-state index in [1.807, 2.05) is 0 Å². The first-order chi connectivity index (χ1) is 10.6. The van der Waals surface area contributed by atoms with Gasteiger partial charge in [0.05, 0.1) is 18.4 Å². The molecule has 0 amide bonds. The van der Waals surface area contributed by atoms with Crippen LogP contribution < -0.4 is 11.2 Å². The third-order valence-corrected chi connectivity index (χ3v) is 6.46. The van der Waals surface area contributed by atoms with E-state index in [1.165, 1.54) is 20.2 Å². The number of rotatable bonds is 2. The molecule has 128 valence electrons. The van der Waals surface area contributed by atoms with Crippen LogP contribution in [0.15, 0.2) is 15.8 Å². The van der Waals surface area contributed by atoms with E-state index >= 15 is 0 Å². The van der Waals surface area contributed by atoms with Gasteiger partial charge in [-0.1, -0.05) is 0 Å². The third kappa shape index (κ3) is 2.19. The first-order valence-corrected chi connectivity index (χ1v) is 8.48. The van der Waals surface area contributed by atoms with Crippen LogP contribution in [0.3, 0.4) is 0 Å². The number of ether oxygens (including phenoxy) is 1. The number of hydrogen-bond donors (Lipinski definition) is 3. The Kier molecular flexibility index (Phi) is 3.54. The fraction of sp³-hybridized carbons (Fsp3) is 0.667. The largest absolute Gasteiger partial charge is 0.393 e. The van der Waals surface area contributed by atoms with Crippen LogP contribution in [0.2, 0.25) is 0 Å². The van der Waals surface area contributed by atoms with Crippen molar-refractivity contribution in [3.8, 4) is 0 Å². The fourth-order valence-electron chi connectivity index (χ4n) is 3.11. The van der Waals surface area contributed by atoms with E-state index in [0.717, 1.165) is 8.87 Å². The molecule has 4 atom stereocenters. The second-order valence-electron chi connectivity index (χ2n) is 5.92. The molecule has 0 radical (unpaired) electrons. The highest BCUT2D eigenvalue weighted by molar-refractivity contribution is 7.89.